The molecule has 0 aromatic rings. The van der Waals surface area contributed by atoms with Crippen molar-refractivity contribution in [2.45, 2.75) is 59.1 Å². The first-order chi connectivity index (χ1) is 7.64. The maximum Gasteiger partial charge on any atom is 0.410 e. The van der Waals surface area contributed by atoms with Crippen molar-refractivity contribution in [3.05, 3.63) is 0 Å². The second-order valence-electron chi connectivity index (χ2n) is 6.66. The summed E-state index contributed by atoms with van der Waals surface area (Å²) in [5.74, 6) is 0. The molecular weight excluding hydrogens is 218 g/mol. The van der Waals surface area contributed by atoms with Crippen molar-refractivity contribution in [2.24, 2.45) is 5.41 Å². The van der Waals surface area contributed by atoms with Crippen molar-refractivity contribution in [3.8, 4) is 0 Å². The van der Waals surface area contributed by atoms with E-state index in [0.717, 1.165) is 12.8 Å². The molecule has 1 aliphatic rings. The van der Waals surface area contributed by atoms with E-state index < -0.39 is 5.60 Å². The highest BCUT2D eigenvalue weighted by Crippen LogP contribution is 2.31. The van der Waals surface area contributed by atoms with Crippen LogP contribution >= 0.6 is 0 Å². The Bertz CT molecular complexity index is 277. The summed E-state index contributed by atoms with van der Waals surface area (Å²) in [6, 6.07) is 0.302. The zero-order chi connectivity index (χ0) is 13.3. The van der Waals surface area contributed by atoms with Crippen LogP contribution in [0.25, 0.3) is 0 Å². The van der Waals surface area contributed by atoms with Crippen LogP contribution in [-0.4, -0.2) is 40.9 Å². The fourth-order valence-corrected chi connectivity index (χ4v) is 1.56. The van der Waals surface area contributed by atoms with E-state index in [-0.39, 0.29) is 18.1 Å². The zero-order valence-corrected chi connectivity index (χ0v) is 11.6. The van der Waals surface area contributed by atoms with Crippen molar-refractivity contribution in [1.29, 1.82) is 0 Å². The summed E-state index contributed by atoms with van der Waals surface area (Å²) in [5, 5.41) is 9.28. The van der Waals surface area contributed by atoms with Crippen LogP contribution in [-0.2, 0) is 4.74 Å². The molecule has 100 valence electrons. The lowest BCUT2D eigenvalue weighted by Gasteiger charge is -2.33. The summed E-state index contributed by atoms with van der Waals surface area (Å²) in [6.45, 7) is 10.1. The molecule has 0 spiro atoms. The highest BCUT2D eigenvalue weighted by Gasteiger charge is 2.38. The lowest BCUT2D eigenvalue weighted by atomic mass is 9.94. The van der Waals surface area contributed by atoms with E-state index >= 15 is 0 Å². The third-order valence-corrected chi connectivity index (χ3v) is 2.64. The average Bonchev–Trinajstić information content (AvgIpc) is 2.94. The fourth-order valence-electron chi connectivity index (χ4n) is 1.56. The maximum atomic E-state index is 12.1. The smallest absolute Gasteiger partial charge is 0.410 e. The summed E-state index contributed by atoms with van der Waals surface area (Å²) in [4.78, 5) is 13.8. The molecule has 1 aliphatic carbocycles. The van der Waals surface area contributed by atoms with Crippen LogP contribution in [0.2, 0.25) is 0 Å². The van der Waals surface area contributed by atoms with Gasteiger partial charge in [-0.15, -0.1) is 0 Å². The Morgan fingerprint density at radius 3 is 2.18 bits per heavy atom. The summed E-state index contributed by atoms with van der Waals surface area (Å²) < 4.78 is 5.40. The van der Waals surface area contributed by atoms with Gasteiger partial charge in [0.05, 0.1) is 0 Å². The maximum absolute atomic E-state index is 12.1. The van der Waals surface area contributed by atoms with Gasteiger partial charge in [-0.2, -0.15) is 0 Å². The predicted molar refractivity (Wildman–Crippen MR) is 66.8 cm³/mol. The molecule has 0 atom stereocenters. The number of nitrogens with zero attached hydrogens (tertiary/aromatic N) is 1. The molecule has 1 rings (SSSR count). The molecule has 1 fully saturated rings. The molecule has 0 saturated heterocycles. The van der Waals surface area contributed by atoms with Gasteiger partial charge in [-0.05, 0) is 33.6 Å². The Kier molecular flexibility index (Phi) is 4.07. The van der Waals surface area contributed by atoms with E-state index in [0.29, 0.717) is 12.6 Å². The van der Waals surface area contributed by atoms with Gasteiger partial charge >= 0.3 is 6.09 Å². The monoisotopic (exact) mass is 243 g/mol. The van der Waals surface area contributed by atoms with E-state index in [9.17, 15) is 9.90 Å². The molecule has 17 heavy (non-hydrogen) atoms. The number of carbonyl (C=O) groups excluding carboxylic acids is 1. The number of carbonyl (C=O) groups is 1. The minimum atomic E-state index is -0.465. The minimum Gasteiger partial charge on any atom is -0.444 e. The lowest BCUT2D eigenvalue weighted by Crippen LogP contribution is -2.44. The summed E-state index contributed by atoms with van der Waals surface area (Å²) >= 11 is 0. The molecule has 4 nitrogen and oxygen atoms in total. The van der Waals surface area contributed by atoms with Crippen LogP contribution in [0.15, 0.2) is 0 Å². The molecule has 0 aromatic carbocycles. The molecule has 0 unspecified atom stereocenters. The van der Waals surface area contributed by atoms with Crippen molar-refractivity contribution < 1.29 is 14.6 Å². The Labute approximate surface area is 104 Å². The molecule has 0 heterocycles. The second kappa shape index (κ2) is 4.84. The van der Waals surface area contributed by atoms with Gasteiger partial charge in [0.1, 0.15) is 5.60 Å². The first-order valence-electron chi connectivity index (χ1n) is 6.25. The Morgan fingerprint density at radius 1 is 1.29 bits per heavy atom. The first kappa shape index (κ1) is 14.3. The van der Waals surface area contributed by atoms with Crippen molar-refractivity contribution in [2.75, 3.05) is 13.2 Å². The molecule has 4 heteroatoms. The number of ether oxygens (including phenoxy) is 1. The molecule has 0 aliphatic heterocycles. The quantitative estimate of drug-likeness (QED) is 0.825. The molecule has 1 saturated carbocycles. The second-order valence-corrected chi connectivity index (χ2v) is 6.66. The Hall–Kier alpha value is -0.770. The summed E-state index contributed by atoms with van der Waals surface area (Å²) in [5.41, 5.74) is -0.743. The third-order valence-electron chi connectivity index (χ3n) is 2.64. The Balaban J connectivity index is 2.63. The molecular formula is C13H25NO3. The van der Waals surface area contributed by atoms with Crippen molar-refractivity contribution in [3.63, 3.8) is 0 Å². The van der Waals surface area contributed by atoms with Crippen LogP contribution in [0.4, 0.5) is 4.79 Å². The normalized spacial score (nSPS) is 16.8. The standard InChI is InChI=1S/C13H25NO3/c1-12(2,3)17-11(16)14(10-6-7-10)8-13(4,5)9-15/h10,15H,6-9H2,1-5H3. The molecule has 0 radical (unpaired) electrons. The summed E-state index contributed by atoms with van der Waals surface area (Å²) in [7, 11) is 0. The lowest BCUT2D eigenvalue weighted by molar-refractivity contribution is 0.0109. The van der Waals surface area contributed by atoms with Crippen molar-refractivity contribution >= 4 is 6.09 Å². The SMILES string of the molecule is CC(C)(CO)CN(C(=O)OC(C)(C)C)C1CC1. The molecule has 1 amide bonds. The molecule has 0 bridgehead atoms. The van der Waals surface area contributed by atoms with Crippen LogP contribution in [0.5, 0.6) is 0 Å². The number of rotatable bonds is 4. The van der Waals surface area contributed by atoms with Gasteiger partial charge in [-0.1, -0.05) is 13.8 Å². The zero-order valence-electron chi connectivity index (χ0n) is 11.6. The van der Waals surface area contributed by atoms with Crippen LogP contribution in [0, 0.1) is 5.41 Å². The highest BCUT2D eigenvalue weighted by atomic mass is 16.6. The van der Waals surface area contributed by atoms with Crippen molar-refractivity contribution in [1.82, 2.24) is 4.90 Å². The number of aliphatic hydroxyl groups excluding tert-OH is 1. The molecule has 0 aromatic heterocycles. The van der Waals surface area contributed by atoms with Gasteiger partial charge in [-0.3, -0.25) is 0 Å². The minimum absolute atomic E-state index is 0.0685. The number of hydrogen-bond donors (Lipinski definition) is 1. The van der Waals surface area contributed by atoms with E-state index in [2.05, 4.69) is 0 Å². The highest BCUT2D eigenvalue weighted by molar-refractivity contribution is 5.69. The fraction of sp³-hybridized carbons (Fsp3) is 0.923. The number of hydrogen-bond acceptors (Lipinski definition) is 3. The largest absolute Gasteiger partial charge is 0.444 e. The first-order valence-corrected chi connectivity index (χ1v) is 6.25. The van der Waals surface area contributed by atoms with Gasteiger partial charge in [0.15, 0.2) is 0 Å². The van der Waals surface area contributed by atoms with E-state index in [4.69, 9.17) is 4.74 Å². The van der Waals surface area contributed by atoms with E-state index in [1.54, 1.807) is 4.90 Å². The van der Waals surface area contributed by atoms with Gasteiger partial charge in [0.2, 0.25) is 0 Å². The van der Waals surface area contributed by atoms with Gasteiger partial charge < -0.3 is 14.7 Å². The molecule has 1 N–H and O–H groups in total. The van der Waals surface area contributed by atoms with Gasteiger partial charge in [-0.25, -0.2) is 4.79 Å². The average molecular weight is 243 g/mol. The van der Waals surface area contributed by atoms with E-state index in [1.165, 1.54) is 0 Å². The number of amides is 1. The van der Waals surface area contributed by atoms with Crippen LogP contribution in [0.3, 0.4) is 0 Å². The van der Waals surface area contributed by atoms with E-state index in [1.807, 2.05) is 34.6 Å². The van der Waals surface area contributed by atoms with Crippen LogP contribution < -0.4 is 0 Å². The van der Waals surface area contributed by atoms with Gasteiger partial charge in [0.25, 0.3) is 0 Å². The Morgan fingerprint density at radius 2 is 1.82 bits per heavy atom. The topological polar surface area (TPSA) is 49.8 Å². The predicted octanol–water partition coefficient (Wildman–Crippen LogP) is 2.40. The number of aliphatic hydroxyl groups is 1. The third kappa shape index (κ3) is 4.94. The van der Waals surface area contributed by atoms with Crippen LogP contribution in [0.1, 0.15) is 47.5 Å². The van der Waals surface area contributed by atoms with Gasteiger partial charge in [0, 0.05) is 24.6 Å². The summed E-state index contributed by atoms with van der Waals surface area (Å²) in [6.07, 6.45) is 1.82.